The van der Waals surface area contributed by atoms with Crippen LogP contribution in [0.25, 0.3) is 0 Å². The molecule has 6 aliphatic rings. The van der Waals surface area contributed by atoms with Crippen LogP contribution in [0.2, 0.25) is 0 Å². The Morgan fingerprint density at radius 1 is 0.979 bits per heavy atom. The molecule has 6 aliphatic heterocycles. The lowest BCUT2D eigenvalue weighted by atomic mass is 9.89. The number of nitrogens with zero attached hydrogens (tertiary/aromatic N) is 6. The molecule has 1 spiro atoms. The second kappa shape index (κ2) is 13.0. The number of aliphatic imine (C=N–C) groups is 1. The van der Waals surface area contributed by atoms with Crippen molar-refractivity contribution >= 4 is 27.7 Å². The number of ether oxygens (including phenoxy) is 1. The molecule has 0 radical (unpaired) electrons. The van der Waals surface area contributed by atoms with Crippen molar-refractivity contribution in [2.45, 2.75) is 57.3 Å². The zero-order valence-electron chi connectivity index (χ0n) is 26.6. The molecule has 16 heteroatoms. The van der Waals surface area contributed by atoms with Gasteiger partial charge in [0.2, 0.25) is 10.0 Å². The van der Waals surface area contributed by atoms with E-state index < -0.39 is 33.2 Å². The molecule has 1 fully saturated rings. The van der Waals surface area contributed by atoms with Gasteiger partial charge in [0.15, 0.2) is 0 Å². The Morgan fingerprint density at radius 2 is 1.75 bits per heavy atom. The van der Waals surface area contributed by atoms with Crippen LogP contribution >= 0.6 is 0 Å². The topological polar surface area (TPSA) is 139 Å². The van der Waals surface area contributed by atoms with Crippen molar-refractivity contribution in [3.05, 3.63) is 76.1 Å². The van der Waals surface area contributed by atoms with Gasteiger partial charge >= 0.3 is 6.18 Å². The lowest BCUT2D eigenvalue weighted by Gasteiger charge is -2.34. The third-order valence-electron chi connectivity index (χ3n) is 9.09. The Bertz CT molecular complexity index is 1870. The highest BCUT2D eigenvalue weighted by Gasteiger charge is 2.47. The van der Waals surface area contributed by atoms with Gasteiger partial charge in [-0.15, -0.1) is 5.10 Å². The lowest BCUT2D eigenvalue weighted by molar-refractivity contribution is -0.137. The van der Waals surface area contributed by atoms with E-state index in [-0.39, 0.29) is 74.2 Å². The Hall–Kier alpha value is -4.31. The van der Waals surface area contributed by atoms with Crippen molar-refractivity contribution in [3.8, 4) is 5.75 Å². The predicted octanol–water partition coefficient (Wildman–Crippen LogP) is 2.99. The average molecular weight is 688 g/mol. The molecule has 9 rings (SSSR count). The molecule has 0 saturated carbocycles. The van der Waals surface area contributed by atoms with Gasteiger partial charge in [-0.05, 0) is 74.1 Å². The van der Waals surface area contributed by atoms with Crippen molar-refractivity contribution in [3.63, 3.8) is 0 Å². The van der Waals surface area contributed by atoms with Crippen LogP contribution in [0, 0.1) is 6.92 Å². The third-order valence-corrected chi connectivity index (χ3v) is 11.0. The Morgan fingerprint density at radius 3 is 2.48 bits per heavy atom. The zero-order chi connectivity index (χ0) is 34.3. The third kappa shape index (κ3) is 7.09. The number of aromatic nitrogens is 3. The molecular formula is C32H36F3N7O5S. The number of amidine groups is 1. The van der Waals surface area contributed by atoms with Gasteiger partial charge in [-0.2, -0.15) is 13.2 Å². The van der Waals surface area contributed by atoms with E-state index in [0.29, 0.717) is 30.8 Å². The van der Waals surface area contributed by atoms with E-state index in [2.05, 4.69) is 20.6 Å². The molecule has 256 valence electrons. The number of sulfonamides is 1. The maximum Gasteiger partial charge on any atom is 0.416 e. The maximum atomic E-state index is 13.9. The summed E-state index contributed by atoms with van der Waals surface area (Å²) in [5, 5.41) is 10.9. The number of rotatable bonds is 0. The van der Waals surface area contributed by atoms with E-state index in [0.717, 1.165) is 23.3 Å². The van der Waals surface area contributed by atoms with E-state index in [1.165, 1.54) is 10.4 Å². The molecule has 0 unspecified atom stereocenters. The number of carbonyl (C=O) groups is 2. The molecule has 1 saturated heterocycles. The van der Waals surface area contributed by atoms with Crippen LogP contribution in [0.15, 0.2) is 47.6 Å². The number of aryl methyl sites for hydroxylation is 3. The van der Waals surface area contributed by atoms with E-state index >= 15 is 0 Å². The van der Waals surface area contributed by atoms with Crippen molar-refractivity contribution in [1.82, 2.24) is 29.5 Å². The molecule has 0 aliphatic carbocycles. The highest BCUT2D eigenvalue weighted by Crippen LogP contribution is 2.36. The molecule has 3 aromatic rings. The number of carbonyl (C=O) groups excluding carboxylic acids is 2. The first-order chi connectivity index (χ1) is 22.7. The second-order valence-corrected chi connectivity index (χ2v) is 14.5. The molecule has 0 atom stereocenters. The molecule has 2 aromatic carbocycles. The number of nitrogens with one attached hydrogen (secondary N) is 1. The lowest BCUT2D eigenvalue weighted by Crippen LogP contribution is -2.50. The molecule has 12 nitrogen and oxygen atoms in total. The number of piperidine rings is 1. The number of alkyl halides is 3. The highest BCUT2D eigenvalue weighted by atomic mass is 32.2. The van der Waals surface area contributed by atoms with Gasteiger partial charge in [-0.25, -0.2) is 12.7 Å². The minimum absolute atomic E-state index is 0.0158. The molecule has 1 aromatic heterocycles. The summed E-state index contributed by atoms with van der Waals surface area (Å²) in [5.41, 5.74) is 0.483. The number of hydrogen-bond acceptors (Lipinski definition) is 8. The van der Waals surface area contributed by atoms with Crippen LogP contribution in [0.1, 0.15) is 57.6 Å². The minimum atomic E-state index is -4.68. The summed E-state index contributed by atoms with van der Waals surface area (Å²) in [4.78, 5) is 32.5. The summed E-state index contributed by atoms with van der Waals surface area (Å²) in [5.74, 6) is -0.879. The zero-order valence-corrected chi connectivity index (χ0v) is 27.4. The van der Waals surface area contributed by atoms with Crippen LogP contribution in [0.5, 0.6) is 5.75 Å². The summed E-state index contributed by atoms with van der Waals surface area (Å²) in [6, 6.07) is 8.45. The van der Waals surface area contributed by atoms with E-state index in [1.54, 1.807) is 41.0 Å². The fourth-order valence-electron chi connectivity index (χ4n) is 6.21. The summed E-state index contributed by atoms with van der Waals surface area (Å²) < 4.78 is 77.0. The summed E-state index contributed by atoms with van der Waals surface area (Å²) in [6.07, 6.45) is -1.69. The molecule has 2 amide bonds. The Balaban J connectivity index is 1.28. The van der Waals surface area contributed by atoms with Gasteiger partial charge in [0.25, 0.3) is 11.8 Å². The first kappa shape index (κ1) is 33.6. The smallest absolute Gasteiger partial charge is 0.416 e. The van der Waals surface area contributed by atoms with Crippen molar-refractivity contribution in [2.75, 3.05) is 39.0 Å². The highest BCUT2D eigenvalue weighted by molar-refractivity contribution is 7.89. The monoisotopic (exact) mass is 687 g/mol. The van der Waals surface area contributed by atoms with Crippen LogP contribution in [-0.4, -0.2) is 94.8 Å². The first-order valence-corrected chi connectivity index (χ1v) is 17.3. The second-order valence-electron chi connectivity index (χ2n) is 12.4. The first-order valence-electron chi connectivity index (χ1n) is 15.7. The van der Waals surface area contributed by atoms with E-state index in [1.807, 2.05) is 6.92 Å². The van der Waals surface area contributed by atoms with Gasteiger partial charge in [0.1, 0.15) is 17.1 Å². The van der Waals surface area contributed by atoms with Crippen LogP contribution in [0.3, 0.4) is 0 Å². The fraction of sp³-hybridized carbons (Fsp3) is 0.469. The molecule has 9 bridgehead atoms. The quantitative estimate of drug-likeness (QED) is 0.384. The fourth-order valence-corrected chi connectivity index (χ4v) is 7.69. The molecule has 48 heavy (non-hydrogen) atoms. The molecule has 1 N–H and O–H groups in total. The van der Waals surface area contributed by atoms with Crippen LogP contribution in [0.4, 0.5) is 13.2 Å². The molecule has 7 heterocycles. The normalized spacial score (nSPS) is 23.7. The van der Waals surface area contributed by atoms with Gasteiger partial charge < -0.3 is 15.0 Å². The SMILES string of the molecule is Cc1cc2ccc1CCS(=O)(=O)N1CCC3(CC1)N=C(NC3=O)c1cc(cc(C(F)(F)F)c1)OCCc1cn(nn1)CCCN(C)C2=O. The minimum Gasteiger partial charge on any atom is -0.493 e. The van der Waals surface area contributed by atoms with Gasteiger partial charge in [-0.3, -0.25) is 19.3 Å². The standard InChI is InChI=1S/C32H36F3N7O5S/c1-21-16-23-5-4-22(21)7-15-48(45,46)42-12-8-31(9-13-42)30(44)36-28(37-31)24-17-25(32(33,34)35)19-27(18-24)47-14-6-26-20-41(39-38-26)11-3-10-40(2)29(23)43/h4-5,16-20H,3,6-15H2,1-2H3,(H,36,37,44). The summed E-state index contributed by atoms with van der Waals surface area (Å²) in [6.45, 7) is 2.87. The maximum absolute atomic E-state index is 13.9. The predicted molar refractivity (Wildman–Crippen MR) is 169 cm³/mol. The van der Waals surface area contributed by atoms with Crippen LogP contribution < -0.4 is 10.1 Å². The van der Waals surface area contributed by atoms with Gasteiger partial charge in [0.05, 0.1) is 23.6 Å². The largest absolute Gasteiger partial charge is 0.493 e. The van der Waals surface area contributed by atoms with E-state index in [4.69, 9.17) is 4.74 Å². The van der Waals surface area contributed by atoms with E-state index in [9.17, 15) is 31.2 Å². The summed E-state index contributed by atoms with van der Waals surface area (Å²) in [7, 11) is -1.99. The average Bonchev–Trinajstić information content (AvgIpc) is 3.62. The number of amides is 2. The molecular weight excluding hydrogens is 651 g/mol. The number of hydrogen-bond donors (Lipinski definition) is 1. The van der Waals surface area contributed by atoms with Crippen molar-refractivity contribution in [2.24, 2.45) is 4.99 Å². The Labute approximate surface area is 276 Å². The summed E-state index contributed by atoms with van der Waals surface area (Å²) >= 11 is 0. The van der Waals surface area contributed by atoms with Crippen molar-refractivity contribution < 1.29 is 35.9 Å². The number of halogens is 3. The van der Waals surface area contributed by atoms with Crippen LogP contribution in [-0.2, 0) is 40.4 Å². The Kier molecular flexibility index (Phi) is 9.06. The van der Waals surface area contributed by atoms with Gasteiger partial charge in [0, 0.05) is 57.0 Å². The van der Waals surface area contributed by atoms with Gasteiger partial charge in [-0.1, -0.05) is 11.3 Å². The number of benzene rings is 2. The van der Waals surface area contributed by atoms with Crippen molar-refractivity contribution in [1.29, 1.82) is 0 Å².